The van der Waals surface area contributed by atoms with Gasteiger partial charge in [-0.15, -0.1) is 4.43 Å². The lowest BCUT2D eigenvalue weighted by molar-refractivity contribution is 0.418. The Labute approximate surface area is 150 Å². The fourth-order valence-electron chi connectivity index (χ4n) is 3.86. The Morgan fingerprint density at radius 2 is 1.54 bits per heavy atom. The highest BCUT2D eigenvalue weighted by molar-refractivity contribution is 6.38. The van der Waals surface area contributed by atoms with Crippen molar-refractivity contribution in [2.75, 3.05) is 0 Å². The zero-order valence-corrected chi connectivity index (χ0v) is 16.4. The molecular weight excluding hydrogens is 309 g/mol. The highest BCUT2D eigenvalue weighted by Crippen LogP contribution is 2.33. The van der Waals surface area contributed by atoms with Gasteiger partial charge in [0.05, 0.1) is 22.1 Å². The van der Waals surface area contributed by atoms with Crippen LogP contribution in [0.25, 0.3) is 27.8 Å². The van der Waals surface area contributed by atoms with Crippen molar-refractivity contribution in [1.29, 1.82) is 0 Å². The van der Waals surface area contributed by atoms with E-state index in [0.717, 1.165) is 15.7 Å². The molecular formula is C20H22AlN3. The second kappa shape index (κ2) is 4.88. The van der Waals surface area contributed by atoms with Gasteiger partial charge in [-0.2, -0.15) is 0 Å². The summed E-state index contributed by atoms with van der Waals surface area (Å²) in [6, 6.07) is 8.97. The largest absolute Gasteiger partial charge is 0.304 e. The first-order valence-electron chi connectivity index (χ1n) is 8.39. The fourth-order valence-corrected chi connectivity index (χ4v) is 4.33. The van der Waals surface area contributed by atoms with Crippen LogP contribution in [0, 0.1) is 20.8 Å². The molecule has 2 heterocycles. The quantitative estimate of drug-likeness (QED) is 0.448. The van der Waals surface area contributed by atoms with Crippen molar-refractivity contribution in [1.82, 2.24) is 14.0 Å². The van der Waals surface area contributed by atoms with Crippen molar-refractivity contribution >= 4 is 48.6 Å². The Morgan fingerprint density at radius 1 is 0.917 bits per heavy atom. The van der Waals surface area contributed by atoms with Crippen LogP contribution in [0.5, 0.6) is 0 Å². The van der Waals surface area contributed by atoms with Crippen LogP contribution < -0.4 is 4.43 Å². The van der Waals surface area contributed by atoms with E-state index in [1.165, 1.54) is 33.2 Å². The third-order valence-corrected chi connectivity index (χ3v) is 5.12. The van der Waals surface area contributed by atoms with E-state index in [2.05, 4.69) is 91.1 Å². The Bertz CT molecular complexity index is 1120. The van der Waals surface area contributed by atoms with Gasteiger partial charge in [0.1, 0.15) is 0 Å². The van der Waals surface area contributed by atoms with Crippen LogP contribution in [0.2, 0.25) is 0 Å². The lowest BCUT2D eigenvalue weighted by atomic mass is 10.1. The van der Waals surface area contributed by atoms with E-state index in [1.807, 2.05) is 0 Å². The molecule has 2 aromatic heterocycles. The van der Waals surface area contributed by atoms with Gasteiger partial charge in [-0.1, -0.05) is 17.7 Å². The van der Waals surface area contributed by atoms with Gasteiger partial charge in [-0.3, -0.25) is 4.40 Å². The second-order valence-corrected chi connectivity index (χ2v) is 8.55. The molecule has 2 aromatic carbocycles. The lowest BCUT2D eigenvalue weighted by Crippen LogP contribution is -2.22. The number of rotatable bonds is 0. The molecule has 4 aromatic rings. The van der Waals surface area contributed by atoms with E-state index in [1.54, 1.807) is 0 Å². The Morgan fingerprint density at radius 3 is 2.21 bits per heavy atom. The van der Waals surface area contributed by atoms with Crippen molar-refractivity contribution in [2.24, 2.45) is 0 Å². The van der Waals surface area contributed by atoms with Crippen molar-refractivity contribution in [3.8, 4) is 0 Å². The number of aromatic nitrogens is 3. The highest BCUT2D eigenvalue weighted by Gasteiger charge is 2.25. The maximum atomic E-state index is 5.04. The Hall–Kier alpha value is -1.76. The first-order valence-corrected chi connectivity index (χ1v) is 8.96. The van der Waals surface area contributed by atoms with Gasteiger partial charge < -0.3 is 4.57 Å². The molecule has 0 spiro atoms. The molecule has 0 amide bonds. The van der Waals surface area contributed by atoms with Crippen molar-refractivity contribution in [3.63, 3.8) is 0 Å². The average molecular weight is 331 g/mol. The summed E-state index contributed by atoms with van der Waals surface area (Å²) in [5, 5.41) is 0. The number of hydrogen-bond donors (Lipinski definition) is 0. The highest BCUT2D eigenvalue weighted by atomic mass is 27.0. The maximum Gasteiger partial charge on any atom is 0.216 e. The van der Waals surface area contributed by atoms with Gasteiger partial charge in [0.15, 0.2) is 16.3 Å². The number of aryl methyl sites for hydroxylation is 3. The fraction of sp³-hybridized carbons (Fsp3) is 0.350. The van der Waals surface area contributed by atoms with Gasteiger partial charge in [0, 0.05) is 5.54 Å². The van der Waals surface area contributed by atoms with Gasteiger partial charge in [-0.05, 0) is 64.8 Å². The summed E-state index contributed by atoms with van der Waals surface area (Å²) < 4.78 is 5.87. The number of benzene rings is 2. The smallest absolute Gasteiger partial charge is 0.216 e. The minimum Gasteiger partial charge on any atom is -0.304 e. The topological polar surface area (TPSA) is 22.2 Å². The maximum absolute atomic E-state index is 5.04. The predicted octanol–water partition coefficient (Wildman–Crippen LogP) is 3.92. The van der Waals surface area contributed by atoms with Crippen LogP contribution in [-0.4, -0.2) is 30.2 Å². The minimum absolute atomic E-state index is 0.0412. The van der Waals surface area contributed by atoms with E-state index in [-0.39, 0.29) is 5.54 Å². The van der Waals surface area contributed by atoms with Crippen molar-refractivity contribution in [2.45, 2.75) is 47.1 Å². The van der Waals surface area contributed by atoms with Crippen LogP contribution in [-0.2, 0) is 5.54 Å². The molecule has 0 aliphatic heterocycles. The Kier molecular flexibility index (Phi) is 3.20. The molecule has 4 heteroatoms. The van der Waals surface area contributed by atoms with E-state index in [0.29, 0.717) is 0 Å². The average Bonchev–Trinajstić information content (AvgIpc) is 2.93. The molecule has 0 saturated carbocycles. The molecule has 4 rings (SSSR count). The molecule has 0 fully saturated rings. The first kappa shape index (κ1) is 15.8. The number of fused-ring (bicyclic) bond motifs is 5. The standard InChI is InChI=1S/C20H22N3.Al/c1-12-7-8-15-16(10-12)22-17-11-13(2)9-14(3)18(17)23(19(22)21-15)20(4,5)6;/h7,9-11H,1-6H3;. The van der Waals surface area contributed by atoms with Crippen LogP contribution in [0.4, 0.5) is 0 Å². The number of hydrogen-bond acceptors (Lipinski definition) is 1. The Balaban J connectivity index is 2.37. The molecule has 3 nitrogen and oxygen atoms in total. The summed E-state index contributed by atoms with van der Waals surface area (Å²) in [5.74, 6) is 1.02. The molecule has 0 atom stereocenters. The summed E-state index contributed by atoms with van der Waals surface area (Å²) in [5.41, 5.74) is 8.59. The van der Waals surface area contributed by atoms with E-state index in [4.69, 9.17) is 4.98 Å². The second-order valence-electron chi connectivity index (χ2n) is 7.92. The van der Waals surface area contributed by atoms with Gasteiger partial charge in [-0.25, -0.2) is 4.98 Å². The summed E-state index contributed by atoms with van der Waals surface area (Å²) in [6.45, 7) is 13.3. The van der Waals surface area contributed by atoms with Crippen molar-refractivity contribution < 1.29 is 0 Å². The molecule has 0 saturated heterocycles. The van der Waals surface area contributed by atoms with Crippen LogP contribution >= 0.6 is 0 Å². The van der Waals surface area contributed by atoms with Crippen LogP contribution in [0.1, 0.15) is 37.5 Å². The minimum atomic E-state index is -0.0412. The normalized spacial score (nSPS) is 12.8. The third-order valence-electron chi connectivity index (χ3n) is 4.68. The summed E-state index contributed by atoms with van der Waals surface area (Å²) in [7, 11) is 0. The zero-order chi connectivity index (χ0) is 17.4. The number of nitrogens with zero attached hydrogens (tertiary/aromatic N) is 3. The SMILES string of the molecule is Cc1c[c]([Al])c2nc3n(C(C)(C)C)c4c(C)cc(C)cc4n3c2c1. The lowest BCUT2D eigenvalue weighted by Gasteiger charge is -2.23. The molecule has 0 aliphatic rings. The van der Waals surface area contributed by atoms with Crippen LogP contribution in [0.15, 0.2) is 24.3 Å². The molecule has 0 aliphatic carbocycles. The molecule has 24 heavy (non-hydrogen) atoms. The molecule has 0 N–H and O–H groups in total. The zero-order valence-electron chi connectivity index (χ0n) is 15.2. The predicted molar refractivity (Wildman–Crippen MR) is 103 cm³/mol. The number of imidazole rings is 2. The van der Waals surface area contributed by atoms with Gasteiger partial charge in [0.2, 0.25) is 5.78 Å². The van der Waals surface area contributed by atoms with E-state index in [9.17, 15) is 0 Å². The van der Waals surface area contributed by atoms with Crippen molar-refractivity contribution in [3.05, 3.63) is 41.0 Å². The van der Waals surface area contributed by atoms with Gasteiger partial charge >= 0.3 is 0 Å². The van der Waals surface area contributed by atoms with Gasteiger partial charge in [0.25, 0.3) is 0 Å². The molecule has 0 bridgehead atoms. The third kappa shape index (κ3) is 2.07. The molecule has 2 radical (unpaired) electrons. The molecule has 0 unspecified atom stereocenters. The summed E-state index contributed by atoms with van der Waals surface area (Å²) in [4.78, 5) is 5.04. The van der Waals surface area contributed by atoms with E-state index < -0.39 is 0 Å². The van der Waals surface area contributed by atoms with E-state index >= 15 is 0 Å². The molecule has 120 valence electrons. The van der Waals surface area contributed by atoms with Crippen LogP contribution in [0.3, 0.4) is 0 Å². The first-order chi connectivity index (χ1) is 11.2. The monoisotopic (exact) mass is 331 g/mol. The summed E-state index contributed by atoms with van der Waals surface area (Å²) in [6.07, 6.45) is 0. The summed E-state index contributed by atoms with van der Waals surface area (Å²) >= 11 is 2.84.